The quantitative estimate of drug-likeness (QED) is 0.251. The molecule has 31 heavy (non-hydrogen) atoms. The predicted octanol–water partition coefficient (Wildman–Crippen LogP) is 5.29. The van der Waals surface area contributed by atoms with E-state index in [9.17, 15) is 14.9 Å². The lowest BCUT2D eigenvalue weighted by molar-refractivity contribution is -0.384. The van der Waals surface area contributed by atoms with Crippen LogP contribution in [0.15, 0.2) is 66.7 Å². The van der Waals surface area contributed by atoms with Crippen LogP contribution in [0, 0.1) is 10.1 Å². The van der Waals surface area contributed by atoms with Gasteiger partial charge in [0, 0.05) is 12.1 Å². The van der Waals surface area contributed by atoms with Gasteiger partial charge >= 0.3 is 0 Å². The fourth-order valence-electron chi connectivity index (χ4n) is 2.83. The summed E-state index contributed by atoms with van der Waals surface area (Å²) in [4.78, 5) is 24.2. The average Bonchev–Trinajstić information content (AvgIpc) is 3.16. The molecule has 0 atom stereocenters. The predicted molar refractivity (Wildman–Crippen MR) is 120 cm³/mol. The zero-order valence-corrected chi connectivity index (χ0v) is 17.2. The number of nitro groups is 1. The highest BCUT2D eigenvalue weighted by Crippen LogP contribution is 2.28. The number of anilines is 1. The molecule has 1 amide bonds. The molecule has 0 aliphatic rings. The fraction of sp³-hybridized carbons (Fsp3) is 0. The molecule has 1 heterocycles. The van der Waals surface area contributed by atoms with Crippen molar-refractivity contribution in [2.75, 3.05) is 5.32 Å². The minimum absolute atomic E-state index is 0.0234. The Hall–Kier alpha value is -3.75. The van der Waals surface area contributed by atoms with E-state index in [0.29, 0.717) is 27.3 Å². The highest BCUT2D eigenvalue weighted by molar-refractivity contribution is 6.34. The number of hydrogen-bond acceptors (Lipinski definition) is 5. The van der Waals surface area contributed by atoms with Crippen LogP contribution in [0.25, 0.3) is 22.8 Å². The largest absolute Gasteiger partial charge is 0.321 e. The van der Waals surface area contributed by atoms with Crippen molar-refractivity contribution in [3.05, 3.63) is 92.5 Å². The van der Waals surface area contributed by atoms with Crippen LogP contribution in [0.1, 0.15) is 5.56 Å². The van der Waals surface area contributed by atoms with Gasteiger partial charge in [0.1, 0.15) is 16.1 Å². The second kappa shape index (κ2) is 8.55. The van der Waals surface area contributed by atoms with Crippen LogP contribution >= 0.6 is 23.2 Å². The monoisotopic (exact) mass is 453 g/mol. The van der Waals surface area contributed by atoms with E-state index >= 15 is 0 Å². The smallest absolute Gasteiger partial charge is 0.288 e. The summed E-state index contributed by atoms with van der Waals surface area (Å²) >= 11 is 12.1. The first-order valence-corrected chi connectivity index (χ1v) is 9.71. The molecule has 154 valence electrons. The van der Waals surface area contributed by atoms with Crippen molar-refractivity contribution in [3.8, 4) is 5.69 Å². The van der Waals surface area contributed by atoms with Crippen LogP contribution in [0.3, 0.4) is 0 Å². The van der Waals surface area contributed by atoms with Gasteiger partial charge in [-0.2, -0.15) is 4.80 Å². The van der Waals surface area contributed by atoms with Gasteiger partial charge in [0.15, 0.2) is 0 Å². The van der Waals surface area contributed by atoms with E-state index in [4.69, 9.17) is 23.2 Å². The van der Waals surface area contributed by atoms with E-state index in [1.54, 1.807) is 18.2 Å². The van der Waals surface area contributed by atoms with E-state index in [1.165, 1.54) is 29.1 Å². The Morgan fingerprint density at radius 1 is 1.00 bits per heavy atom. The first kappa shape index (κ1) is 20.5. The Labute approximate surface area is 185 Å². The van der Waals surface area contributed by atoms with Crippen LogP contribution in [-0.4, -0.2) is 25.8 Å². The molecule has 0 bridgehead atoms. The number of benzene rings is 3. The Balaban J connectivity index is 1.54. The van der Waals surface area contributed by atoms with Gasteiger partial charge in [0.25, 0.3) is 5.69 Å². The number of nitrogens with one attached hydrogen (secondary N) is 1. The van der Waals surface area contributed by atoms with Crippen molar-refractivity contribution in [2.45, 2.75) is 0 Å². The van der Waals surface area contributed by atoms with Crippen molar-refractivity contribution in [1.82, 2.24) is 15.0 Å². The third-order valence-electron chi connectivity index (χ3n) is 4.31. The van der Waals surface area contributed by atoms with E-state index in [-0.39, 0.29) is 10.7 Å². The molecule has 8 nitrogen and oxygen atoms in total. The first-order valence-electron chi connectivity index (χ1n) is 8.96. The summed E-state index contributed by atoms with van der Waals surface area (Å²) in [5, 5.41) is 22.8. The SMILES string of the molecule is O=C(/C=C/c1ccc(Cl)c([N+](=O)[O-])c1)Nc1cc2nn(-c3ccccc3)nc2cc1Cl. The lowest BCUT2D eigenvalue weighted by Gasteiger charge is -2.04. The van der Waals surface area contributed by atoms with Crippen molar-refractivity contribution in [3.63, 3.8) is 0 Å². The van der Waals surface area contributed by atoms with Gasteiger partial charge in [-0.3, -0.25) is 14.9 Å². The lowest BCUT2D eigenvalue weighted by atomic mass is 10.2. The summed E-state index contributed by atoms with van der Waals surface area (Å²) < 4.78 is 0. The standard InChI is InChI=1S/C21H13Cl2N5O3/c22-15-8-6-13(10-20(15)28(30)31)7-9-21(29)24-17-12-19-18(11-16(17)23)25-27(26-19)14-4-2-1-3-5-14/h1-12H,(H,24,29)/b9-7+. The maximum atomic E-state index is 12.3. The molecule has 4 rings (SSSR count). The van der Waals surface area contributed by atoms with E-state index < -0.39 is 10.8 Å². The maximum Gasteiger partial charge on any atom is 0.288 e. The number of carbonyl (C=O) groups excluding carboxylic acids is 1. The van der Waals surface area contributed by atoms with Gasteiger partial charge in [-0.15, -0.1) is 10.2 Å². The lowest BCUT2D eigenvalue weighted by Crippen LogP contribution is -2.08. The summed E-state index contributed by atoms with van der Waals surface area (Å²) in [6.07, 6.45) is 2.69. The summed E-state index contributed by atoms with van der Waals surface area (Å²) in [5.41, 5.74) is 2.51. The molecule has 3 aromatic carbocycles. The van der Waals surface area contributed by atoms with Crippen LogP contribution in [0.2, 0.25) is 10.0 Å². The Bertz CT molecular complexity index is 1340. The number of halogens is 2. The first-order chi connectivity index (χ1) is 14.9. The molecule has 1 N–H and O–H groups in total. The molecule has 0 spiro atoms. The van der Waals surface area contributed by atoms with Crippen LogP contribution in [0.4, 0.5) is 11.4 Å². The highest BCUT2D eigenvalue weighted by Gasteiger charge is 2.13. The second-order valence-corrected chi connectivity index (χ2v) is 7.25. The Kier molecular flexibility index (Phi) is 5.66. The second-order valence-electron chi connectivity index (χ2n) is 6.44. The summed E-state index contributed by atoms with van der Waals surface area (Å²) in [6, 6.07) is 16.9. The van der Waals surface area contributed by atoms with Crippen molar-refractivity contribution in [1.29, 1.82) is 0 Å². The summed E-state index contributed by atoms with van der Waals surface area (Å²) in [5.74, 6) is -0.464. The molecule has 0 radical (unpaired) electrons. The van der Waals surface area contributed by atoms with Gasteiger partial charge in [-0.1, -0.05) is 47.5 Å². The highest BCUT2D eigenvalue weighted by atomic mass is 35.5. The zero-order valence-electron chi connectivity index (χ0n) is 15.7. The molecular formula is C21H13Cl2N5O3. The topological polar surface area (TPSA) is 103 Å². The molecule has 10 heteroatoms. The molecule has 0 saturated heterocycles. The molecule has 4 aromatic rings. The molecule has 0 fully saturated rings. The van der Waals surface area contributed by atoms with E-state index in [1.807, 2.05) is 30.3 Å². The van der Waals surface area contributed by atoms with E-state index in [2.05, 4.69) is 15.5 Å². The number of amides is 1. The number of fused-ring (bicyclic) bond motifs is 1. The Morgan fingerprint density at radius 2 is 1.71 bits per heavy atom. The molecule has 1 aromatic heterocycles. The molecule has 0 saturated carbocycles. The summed E-state index contributed by atoms with van der Waals surface area (Å²) in [6.45, 7) is 0. The van der Waals surface area contributed by atoms with Crippen LogP contribution in [0.5, 0.6) is 0 Å². The van der Waals surface area contributed by atoms with Crippen molar-refractivity contribution < 1.29 is 9.72 Å². The van der Waals surface area contributed by atoms with Gasteiger partial charge in [0.2, 0.25) is 5.91 Å². The average molecular weight is 454 g/mol. The molecule has 0 aliphatic carbocycles. The number of nitro benzene ring substituents is 1. The maximum absolute atomic E-state index is 12.3. The number of aromatic nitrogens is 3. The van der Waals surface area contributed by atoms with Crippen LogP contribution in [-0.2, 0) is 4.79 Å². The molecular weight excluding hydrogens is 441 g/mol. The number of rotatable bonds is 5. The number of nitrogens with zero attached hydrogens (tertiary/aromatic N) is 4. The minimum atomic E-state index is -0.586. The summed E-state index contributed by atoms with van der Waals surface area (Å²) in [7, 11) is 0. The van der Waals surface area contributed by atoms with E-state index in [0.717, 1.165) is 5.69 Å². The molecule has 0 aliphatic heterocycles. The number of para-hydroxylation sites is 1. The van der Waals surface area contributed by atoms with Gasteiger partial charge in [-0.05, 0) is 42.0 Å². The zero-order chi connectivity index (χ0) is 22.0. The normalized spacial score (nSPS) is 11.2. The molecule has 0 unspecified atom stereocenters. The fourth-order valence-corrected chi connectivity index (χ4v) is 3.22. The minimum Gasteiger partial charge on any atom is -0.321 e. The number of carbonyl (C=O) groups is 1. The van der Waals surface area contributed by atoms with Gasteiger partial charge in [0.05, 0.1) is 21.3 Å². The van der Waals surface area contributed by atoms with Gasteiger partial charge < -0.3 is 5.32 Å². The van der Waals surface area contributed by atoms with Crippen LogP contribution < -0.4 is 5.32 Å². The third-order valence-corrected chi connectivity index (χ3v) is 4.94. The Morgan fingerprint density at radius 3 is 2.42 bits per heavy atom. The van der Waals surface area contributed by atoms with Crippen molar-refractivity contribution in [2.24, 2.45) is 0 Å². The van der Waals surface area contributed by atoms with Crippen molar-refractivity contribution >= 4 is 57.6 Å². The third kappa shape index (κ3) is 4.55. The van der Waals surface area contributed by atoms with Gasteiger partial charge in [-0.25, -0.2) is 0 Å². The number of hydrogen-bond donors (Lipinski definition) is 1.